The lowest BCUT2D eigenvalue weighted by Crippen LogP contribution is -2.35. The minimum atomic E-state index is -0.255. The second kappa shape index (κ2) is 9.87. The first-order valence-corrected chi connectivity index (χ1v) is 9.14. The van der Waals surface area contributed by atoms with Crippen LogP contribution >= 0.6 is 0 Å². The van der Waals surface area contributed by atoms with E-state index in [2.05, 4.69) is 15.4 Å². The number of carbonyl (C=O) groups is 1. The number of morpholine rings is 1. The summed E-state index contributed by atoms with van der Waals surface area (Å²) in [6.45, 7) is 4.29. The van der Waals surface area contributed by atoms with Crippen molar-refractivity contribution in [1.82, 2.24) is 10.3 Å². The van der Waals surface area contributed by atoms with Crippen molar-refractivity contribution in [3.05, 3.63) is 59.2 Å². The van der Waals surface area contributed by atoms with Gasteiger partial charge in [0.2, 0.25) is 0 Å². The van der Waals surface area contributed by atoms with Crippen molar-refractivity contribution >= 4 is 12.1 Å². The largest absolute Gasteiger partial charge is 0.493 e. The third-order valence-electron chi connectivity index (χ3n) is 4.51. The molecule has 3 rings (SSSR count). The summed E-state index contributed by atoms with van der Waals surface area (Å²) < 4.78 is 15.8. The summed E-state index contributed by atoms with van der Waals surface area (Å²) in [5.41, 5.74) is 5.07. The zero-order chi connectivity index (χ0) is 19.8. The Bertz CT molecular complexity index is 815. The molecule has 1 heterocycles. The molecule has 2 aromatic carbocycles. The van der Waals surface area contributed by atoms with E-state index in [1.807, 2.05) is 30.3 Å². The van der Waals surface area contributed by atoms with E-state index in [9.17, 15) is 4.79 Å². The summed E-state index contributed by atoms with van der Waals surface area (Å²) in [6.07, 6.45) is 1.56. The van der Waals surface area contributed by atoms with E-state index in [1.165, 1.54) is 5.56 Å². The van der Waals surface area contributed by atoms with E-state index in [0.29, 0.717) is 17.1 Å². The summed E-state index contributed by atoms with van der Waals surface area (Å²) in [6, 6.07) is 13.0. The van der Waals surface area contributed by atoms with Crippen LogP contribution in [0.1, 0.15) is 21.5 Å². The van der Waals surface area contributed by atoms with E-state index in [4.69, 9.17) is 14.2 Å². The zero-order valence-corrected chi connectivity index (χ0v) is 16.2. The normalized spacial score (nSPS) is 14.8. The Morgan fingerprint density at radius 3 is 2.50 bits per heavy atom. The number of amides is 1. The molecule has 1 amide bonds. The molecule has 0 radical (unpaired) electrons. The number of nitrogens with one attached hydrogen (secondary N) is 1. The number of hydrazone groups is 1. The molecule has 1 N–H and O–H groups in total. The maximum atomic E-state index is 12.3. The number of benzene rings is 2. The second-order valence-electron chi connectivity index (χ2n) is 6.40. The van der Waals surface area contributed by atoms with Crippen LogP contribution in [0, 0.1) is 0 Å². The number of carbonyl (C=O) groups excluding carboxylic acids is 1. The smallest absolute Gasteiger partial charge is 0.271 e. The van der Waals surface area contributed by atoms with Crippen molar-refractivity contribution in [3.8, 4) is 11.5 Å². The first-order valence-electron chi connectivity index (χ1n) is 9.14. The molecule has 1 saturated heterocycles. The molecule has 0 bridgehead atoms. The number of hydrogen-bond acceptors (Lipinski definition) is 6. The molecule has 7 heteroatoms. The van der Waals surface area contributed by atoms with Crippen molar-refractivity contribution in [2.45, 2.75) is 6.54 Å². The van der Waals surface area contributed by atoms with Gasteiger partial charge in [-0.3, -0.25) is 9.69 Å². The van der Waals surface area contributed by atoms with Gasteiger partial charge < -0.3 is 14.2 Å². The number of nitrogens with zero attached hydrogens (tertiary/aromatic N) is 2. The highest BCUT2D eigenvalue weighted by Crippen LogP contribution is 2.26. The van der Waals surface area contributed by atoms with Gasteiger partial charge in [0.25, 0.3) is 5.91 Å². The van der Waals surface area contributed by atoms with Crippen LogP contribution in [0.4, 0.5) is 0 Å². The number of methoxy groups -OCH3 is 2. The lowest BCUT2D eigenvalue weighted by atomic mass is 10.1. The molecule has 0 saturated carbocycles. The fourth-order valence-corrected chi connectivity index (χ4v) is 2.94. The van der Waals surface area contributed by atoms with Gasteiger partial charge >= 0.3 is 0 Å². The Hall–Kier alpha value is -2.90. The topological polar surface area (TPSA) is 72.4 Å². The minimum Gasteiger partial charge on any atom is -0.493 e. The lowest BCUT2D eigenvalue weighted by molar-refractivity contribution is 0.0342. The molecular weight excluding hydrogens is 358 g/mol. The molecule has 0 spiro atoms. The lowest BCUT2D eigenvalue weighted by Gasteiger charge is -2.26. The highest BCUT2D eigenvalue weighted by molar-refractivity contribution is 5.94. The van der Waals surface area contributed by atoms with Crippen LogP contribution in [0.5, 0.6) is 11.5 Å². The van der Waals surface area contributed by atoms with Gasteiger partial charge in [-0.05, 0) is 41.5 Å². The van der Waals surface area contributed by atoms with Gasteiger partial charge in [-0.15, -0.1) is 0 Å². The van der Waals surface area contributed by atoms with E-state index in [0.717, 1.165) is 38.4 Å². The van der Waals surface area contributed by atoms with Crippen molar-refractivity contribution in [2.75, 3.05) is 40.5 Å². The molecule has 0 atom stereocenters. The Morgan fingerprint density at radius 1 is 1.11 bits per heavy atom. The summed E-state index contributed by atoms with van der Waals surface area (Å²) in [7, 11) is 3.15. The van der Waals surface area contributed by atoms with Gasteiger partial charge in [-0.1, -0.05) is 12.1 Å². The Balaban J connectivity index is 1.55. The summed E-state index contributed by atoms with van der Waals surface area (Å²) >= 11 is 0. The molecule has 0 aromatic heterocycles. The third-order valence-corrected chi connectivity index (χ3v) is 4.51. The van der Waals surface area contributed by atoms with Crippen molar-refractivity contribution in [3.63, 3.8) is 0 Å². The molecule has 1 aliphatic heterocycles. The average molecular weight is 383 g/mol. The van der Waals surface area contributed by atoms with Gasteiger partial charge in [-0.2, -0.15) is 5.10 Å². The Morgan fingerprint density at radius 2 is 1.82 bits per heavy atom. The van der Waals surface area contributed by atoms with Gasteiger partial charge in [0.1, 0.15) is 0 Å². The monoisotopic (exact) mass is 383 g/mol. The Kier molecular flexibility index (Phi) is 7.00. The SMILES string of the molecule is COc1ccc(/C=N\NC(=O)c2ccc(CN3CCOCC3)cc2)cc1OC. The highest BCUT2D eigenvalue weighted by Gasteiger charge is 2.11. The van der Waals surface area contributed by atoms with Gasteiger partial charge in [0, 0.05) is 25.2 Å². The maximum absolute atomic E-state index is 12.3. The van der Waals surface area contributed by atoms with Crippen molar-refractivity contribution in [1.29, 1.82) is 0 Å². The van der Waals surface area contributed by atoms with E-state index >= 15 is 0 Å². The fourth-order valence-electron chi connectivity index (χ4n) is 2.94. The van der Waals surface area contributed by atoms with E-state index in [1.54, 1.807) is 32.6 Å². The number of rotatable bonds is 7. The first-order chi connectivity index (χ1) is 13.7. The van der Waals surface area contributed by atoms with Gasteiger partial charge in [-0.25, -0.2) is 5.43 Å². The summed E-state index contributed by atoms with van der Waals surface area (Å²) in [4.78, 5) is 14.6. The number of ether oxygens (including phenoxy) is 3. The van der Waals surface area contributed by atoms with Crippen LogP contribution < -0.4 is 14.9 Å². The molecule has 148 valence electrons. The van der Waals surface area contributed by atoms with Crippen LogP contribution in [0.2, 0.25) is 0 Å². The zero-order valence-electron chi connectivity index (χ0n) is 16.2. The maximum Gasteiger partial charge on any atom is 0.271 e. The van der Waals surface area contributed by atoms with Crippen molar-refractivity contribution < 1.29 is 19.0 Å². The van der Waals surface area contributed by atoms with Crippen LogP contribution in [0.15, 0.2) is 47.6 Å². The quantitative estimate of drug-likeness (QED) is 0.587. The highest BCUT2D eigenvalue weighted by atomic mass is 16.5. The third kappa shape index (κ3) is 5.31. The van der Waals surface area contributed by atoms with Crippen LogP contribution in [-0.4, -0.2) is 57.5 Å². The van der Waals surface area contributed by atoms with Crippen LogP contribution in [0.25, 0.3) is 0 Å². The van der Waals surface area contributed by atoms with Crippen molar-refractivity contribution in [2.24, 2.45) is 5.10 Å². The van der Waals surface area contributed by atoms with Gasteiger partial charge in [0.15, 0.2) is 11.5 Å². The molecule has 0 aliphatic carbocycles. The average Bonchev–Trinajstić information content (AvgIpc) is 2.74. The molecule has 1 aliphatic rings. The molecular formula is C21H25N3O4. The molecule has 0 unspecified atom stereocenters. The van der Waals surface area contributed by atoms with Crippen LogP contribution in [0.3, 0.4) is 0 Å². The van der Waals surface area contributed by atoms with E-state index < -0.39 is 0 Å². The standard InChI is InChI=1S/C21H25N3O4/c1-26-19-8-5-17(13-20(19)27-2)14-22-23-21(25)18-6-3-16(4-7-18)15-24-9-11-28-12-10-24/h3-8,13-14H,9-12,15H2,1-2H3,(H,23,25)/b22-14-. The Labute approximate surface area is 164 Å². The minimum absolute atomic E-state index is 0.255. The fraction of sp³-hybridized carbons (Fsp3) is 0.333. The van der Waals surface area contributed by atoms with E-state index in [-0.39, 0.29) is 5.91 Å². The molecule has 1 fully saturated rings. The molecule has 2 aromatic rings. The predicted molar refractivity (Wildman–Crippen MR) is 107 cm³/mol. The molecule has 28 heavy (non-hydrogen) atoms. The van der Waals surface area contributed by atoms with Crippen LogP contribution in [-0.2, 0) is 11.3 Å². The predicted octanol–water partition coefficient (Wildman–Crippen LogP) is 2.30. The summed E-state index contributed by atoms with van der Waals surface area (Å²) in [5.74, 6) is 0.990. The second-order valence-corrected chi connectivity index (χ2v) is 6.40. The molecule has 7 nitrogen and oxygen atoms in total. The van der Waals surface area contributed by atoms with Gasteiger partial charge in [0.05, 0.1) is 33.6 Å². The number of hydrogen-bond donors (Lipinski definition) is 1. The summed E-state index contributed by atoms with van der Waals surface area (Å²) in [5, 5.41) is 4.02. The first kappa shape index (κ1) is 19.9.